The molecule has 0 saturated carbocycles. The van der Waals surface area contributed by atoms with Crippen LogP contribution in [0.1, 0.15) is 31.2 Å². The number of nitrogens with zero attached hydrogens (tertiary/aromatic N) is 2. The number of nitrogens with one attached hydrogen (secondary N) is 1. The number of carbonyl (C=O) groups is 1. The number of fused-ring (bicyclic) bond motifs is 1. The molecule has 3 aromatic rings. The van der Waals surface area contributed by atoms with Crippen LogP contribution in [0.5, 0.6) is 0 Å². The summed E-state index contributed by atoms with van der Waals surface area (Å²) in [7, 11) is 0. The van der Waals surface area contributed by atoms with Crippen LogP contribution in [0.3, 0.4) is 0 Å². The summed E-state index contributed by atoms with van der Waals surface area (Å²) in [5.41, 5.74) is 0.616. The van der Waals surface area contributed by atoms with Gasteiger partial charge in [-0.05, 0) is 36.9 Å². The van der Waals surface area contributed by atoms with E-state index in [0.717, 1.165) is 11.3 Å². The molecule has 2 heterocycles. The lowest BCUT2D eigenvalue weighted by Gasteiger charge is -2.18. The highest BCUT2D eigenvalue weighted by Gasteiger charge is 2.16. The second-order valence-electron chi connectivity index (χ2n) is 5.99. The van der Waals surface area contributed by atoms with Crippen molar-refractivity contribution in [2.24, 2.45) is 0 Å². The van der Waals surface area contributed by atoms with E-state index in [1.54, 1.807) is 22.0 Å². The van der Waals surface area contributed by atoms with Crippen molar-refractivity contribution in [1.82, 2.24) is 14.9 Å². The fraction of sp³-hybridized carbons (Fsp3) is 0.316. The van der Waals surface area contributed by atoms with Gasteiger partial charge in [-0.2, -0.15) is 0 Å². The zero-order valence-corrected chi connectivity index (χ0v) is 16.4. The summed E-state index contributed by atoms with van der Waals surface area (Å²) in [6.07, 6.45) is 0.818. The first-order valence-corrected chi connectivity index (χ1v) is 10.4. The summed E-state index contributed by atoms with van der Waals surface area (Å²) >= 11 is 2.92. The number of hydrogen-bond donors (Lipinski definition) is 1. The van der Waals surface area contributed by atoms with Gasteiger partial charge in [0.2, 0.25) is 5.91 Å². The second kappa shape index (κ2) is 8.51. The molecule has 1 amide bonds. The molecule has 7 heteroatoms. The van der Waals surface area contributed by atoms with Crippen LogP contribution in [0.2, 0.25) is 0 Å². The molecule has 1 aromatic carbocycles. The highest BCUT2D eigenvalue weighted by molar-refractivity contribution is 7.99. The van der Waals surface area contributed by atoms with E-state index in [1.165, 1.54) is 11.8 Å². The van der Waals surface area contributed by atoms with E-state index in [9.17, 15) is 9.59 Å². The van der Waals surface area contributed by atoms with Crippen molar-refractivity contribution < 1.29 is 4.79 Å². The van der Waals surface area contributed by atoms with Gasteiger partial charge >= 0.3 is 0 Å². The van der Waals surface area contributed by atoms with Crippen LogP contribution in [0.4, 0.5) is 0 Å². The van der Waals surface area contributed by atoms with Crippen molar-refractivity contribution in [2.75, 3.05) is 5.75 Å². The minimum atomic E-state index is -0.0680. The first kappa shape index (κ1) is 18.7. The van der Waals surface area contributed by atoms with Gasteiger partial charge in [-0.15, -0.1) is 11.3 Å². The Morgan fingerprint density at radius 1 is 1.31 bits per heavy atom. The van der Waals surface area contributed by atoms with E-state index in [1.807, 2.05) is 49.6 Å². The highest BCUT2D eigenvalue weighted by Crippen LogP contribution is 2.22. The predicted octanol–water partition coefficient (Wildman–Crippen LogP) is 3.84. The third-order valence-electron chi connectivity index (χ3n) is 4.18. The van der Waals surface area contributed by atoms with Crippen molar-refractivity contribution >= 4 is 39.9 Å². The van der Waals surface area contributed by atoms with Crippen LogP contribution >= 0.6 is 23.1 Å². The molecule has 136 valence electrons. The Morgan fingerprint density at radius 3 is 2.85 bits per heavy atom. The molecule has 1 N–H and O–H groups in total. The smallest absolute Gasteiger partial charge is 0.262 e. The maximum Gasteiger partial charge on any atom is 0.262 e. The number of para-hydroxylation sites is 1. The summed E-state index contributed by atoms with van der Waals surface area (Å²) < 4.78 is 1.71. The molecule has 0 aliphatic heterocycles. The second-order valence-corrected chi connectivity index (χ2v) is 7.96. The number of carbonyl (C=O) groups excluding carboxylic acids is 1. The zero-order chi connectivity index (χ0) is 18.5. The van der Waals surface area contributed by atoms with Crippen LogP contribution in [0.15, 0.2) is 51.7 Å². The van der Waals surface area contributed by atoms with Gasteiger partial charge in [-0.25, -0.2) is 4.98 Å². The summed E-state index contributed by atoms with van der Waals surface area (Å²) in [5, 5.41) is 6.09. The van der Waals surface area contributed by atoms with Gasteiger partial charge in [0.05, 0.1) is 23.2 Å². The Kier molecular flexibility index (Phi) is 6.11. The van der Waals surface area contributed by atoms with Crippen LogP contribution in [-0.4, -0.2) is 21.2 Å². The van der Waals surface area contributed by atoms with Crippen molar-refractivity contribution in [3.05, 3.63) is 57.0 Å². The lowest BCUT2D eigenvalue weighted by molar-refractivity contribution is -0.118. The van der Waals surface area contributed by atoms with Gasteiger partial charge in [0.1, 0.15) is 0 Å². The quantitative estimate of drug-likeness (QED) is 0.494. The molecule has 0 radical (unpaired) electrons. The number of benzene rings is 1. The van der Waals surface area contributed by atoms with Crippen LogP contribution in [0.25, 0.3) is 10.9 Å². The number of thioether (sulfide) groups is 1. The van der Waals surface area contributed by atoms with Crippen molar-refractivity contribution in [2.45, 2.75) is 38.0 Å². The molecular weight excluding hydrogens is 366 g/mol. The van der Waals surface area contributed by atoms with E-state index in [0.29, 0.717) is 22.6 Å². The molecule has 0 aliphatic carbocycles. The fourth-order valence-corrected chi connectivity index (χ4v) is 4.15. The molecule has 2 aromatic heterocycles. The Balaban J connectivity index is 1.79. The van der Waals surface area contributed by atoms with Crippen LogP contribution in [0, 0.1) is 0 Å². The van der Waals surface area contributed by atoms with Crippen LogP contribution in [-0.2, 0) is 11.3 Å². The van der Waals surface area contributed by atoms with Gasteiger partial charge < -0.3 is 5.32 Å². The highest BCUT2D eigenvalue weighted by atomic mass is 32.2. The lowest BCUT2D eigenvalue weighted by Crippen LogP contribution is -2.28. The first-order chi connectivity index (χ1) is 12.6. The largest absolute Gasteiger partial charge is 0.350 e. The number of rotatable bonds is 7. The lowest BCUT2D eigenvalue weighted by atomic mass is 10.2. The zero-order valence-electron chi connectivity index (χ0n) is 14.8. The maximum atomic E-state index is 12.9. The molecule has 0 bridgehead atoms. The molecule has 1 atom stereocenters. The topological polar surface area (TPSA) is 64.0 Å². The number of thiophene rings is 1. The maximum absolute atomic E-state index is 12.9. The predicted molar refractivity (Wildman–Crippen MR) is 108 cm³/mol. The number of hydrogen-bond acceptors (Lipinski definition) is 5. The molecule has 26 heavy (non-hydrogen) atoms. The molecule has 5 nitrogen and oxygen atoms in total. The Hall–Kier alpha value is -2.12. The fourth-order valence-electron chi connectivity index (χ4n) is 2.58. The number of amides is 1. The molecule has 3 rings (SSSR count). The van der Waals surface area contributed by atoms with E-state index in [-0.39, 0.29) is 23.3 Å². The van der Waals surface area contributed by atoms with Crippen molar-refractivity contribution in [3.63, 3.8) is 0 Å². The van der Waals surface area contributed by atoms with Gasteiger partial charge in [0.15, 0.2) is 5.16 Å². The standard InChI is InChI=1S/C19H21N3O2S2/c1-3-13(2)22-18(24)15-8-4-5-9-16(15)21-19(22)26-12-17(23)20-11-14-7-6-10-25-14/h4-10,13H,3,11-12H2,1-2H3,(H,20,23)/t13-/m0/s1. The van der Waals surface area contributed by atoms with Gasteiger partial charge in [0, 0.05) is 10.9 Å². The third kappa shape index (κ3) is 4.16. The molecular formula is C19H21N3O2S2. The van der Waals surface area contributed by atoms with E-state index in [4.69, 9.17) is 0 Å². The van der Waals surface area contributed by atoms with Crippen molar-refractivity contribution in [1.29, 1.82) is 0 Å². The first-order valence-electron chi connectivity index (χ1n) is 8.53. The molecule has 0 spiro atoms. The molecule has 0 unspecified atom stereocenters. The average molecular weight is 388 g/mol. The average Bonchev–Trinajstić information content (AvgIpc) is 3.18. The summed E-state index contributed by atoms with van der Waals surface area (Å²) in [6.45, 7) is 4.56. The Labute approximate surface area is 160 Å². The summed E-state index contributed by atoms with van der Waals surface area (Å²) in [4.78, 5) is 30.8. The molecule has 0 fully saturated rings. The Bertz CT molecular complexity index is 951. The minimum Gasteiger partial charge on any atom is -0.350 e. The minimum absolute atomic E-state index is 0.0243. The SMILES string of the molecule is CC[C@H](C)n1c(SCC(=O)NCc2cccs2)nc2ccccc2c1=O. The summed E-state index contributed by atoms with van der Waals surface area (Å²) in [5.74, 6) is 0.161. The number of aromatic nitrogens is 2. The van der Waals surface area contributed by atoms with Gasteiger partial charge in [0.25, 0.3) is 5.56 Å². The van der Waals surface area contributed by atoms with Crippen molar-refractivity contribution in [3.8, 4) is 0 Å². The van der Waals surface area contributed by atoms with Gasteiger partial charge in [-0.3, -0.25) is 14.2 Å². The van der Waals surface area contributed by atoms with E-state index >= 15 is 0 Å². The van der Waals surface area contributed by atoms with E-state index < -0.39 is 0 Å². The monoisotopic (exact) mass is 387 g/mol. The summed E-state index contributed by atoms with van der Waals surface area (Å²) in [6, 6.07) is 11.3. The molecule has 0 aliphatic rings. The Morgan fingerprint density at radius 2 is 2.12 bits per heavy atom. The van der Waals surface area contributed by atoms with Crippen LogP contribution < -0.4 is 10.9 Å². The van der Waals surface area contributed by atoms with Gasteiger partial charge in [-0.1, -0.05) is 36.9 Å². The molecule has 0 saturated heterocycles. The third-order valence-corrected chi connectivity index (χ3v) is 6.01. The normalized spacial score (nSPS) is 12.2. The van der Waals surface area contributed by atoms with E-state index in [2.05, 4.69) is 10.3 Å².